The summed E-state index contributed by atoms with van der Waals surface area (Å²) in [5.41, 5.74) is 5.01. The molecule has 1 aliphatic heterocycles. The van der Waals surface area contributed by atoms with Crippen molar-refractivity contribution in [3.63, 3.8) is 0 Å². The van der Waals surface area contributed by atoms with Crippen LogP contribution in [-0.2, 0) is 9.47 Å². The monoisotopic (exact) mass is 385 g/mol. The molecular weight excluding hydrogens is 350 g/mol. The van der Waals surface area contributed by atoms with E-state index in [0.717, 1.165) is 0 Å². The minimum absolute atomic E-state index is 0.309. The predicted octanol–water partition coefficient (Wildman–Crippen LogP) is 1.72. The molecule has 2 N–H and O–H groups in total. The van der Waals surface area contributed by atoms with Crippen LogP contribution in [0.4, 0.5) is 9.59 Å². The van der Waals surface area contributed by atoms with E-state index in [4.69, 9.17) is 15.2 Å². The number of amides is 2. The highest BCUT2D eigenvalue weighted by molar-refractivity contribution is 5.78. The SMILES string of the molecule is CN(CCN=C(N)N1CCN(C(=O)OC(C)(C)C)CC1)C(=O)OC(C)(C)C. The van der Waals surface area contributed by atoms with Crippen LogP contribution in [0.15, 0.2) is 4.99 Å². The Hall–Kier alpha value is -2.19. The van der Waals surface area contributed by atoms with Crippen LogP contribution in [0.5, 0.6) is 0 Å². The molecule has 0 aromatic rings. The van der Waals surface area contributed by atoms with E-state index >= 15 is 0 Å². The molecule has 0 aromatic carbocycles. The lowest BCUT2D eigenvalue weighted by Crippen LogP contribution is -2.53. The highest BCUT2D eigenvalue weighted by Gasteiger charge is 2.26. The summed E-state index contributed by atoms with van der Waals surface area (Å²) in [4.78, 5) is 33.4. The molecule has 1 aliphatic rings. The van der Waals surface area contributed by atoms with Crippen molar-refractivity contribution in [1.82, 2.24) is 14.7 Å². The van der Waals surface area contributed by atoms with Gasteiger partial charge in [0, 0.05) is 39.8 Å². The number of nitrogens with two attached hydrogens (primary N) is 1. The number of aliphatic imine (C=N–C) groups is 1. The van der Waals surface area contributed by atoms with Crippen molar-refractivity contribution in [1.29, 1.82) is 0 Å². The summed E-state index contributed by atoms with van der Waals surface area (Å²) < 4.78 is 10.7. The van der Waals surface area contributed by atoms with E-state index in [1.165, 1.54) is 4.90 Å². The molecule has 9 nitrogen and oxygen atoms in total. The first-order valence-electron chi connectivity index (χ1n) is 9.25. The Labute approximate surface area is 162 Å². The van der Waals surface area contributed by atoms with Crippen LogP contribution in [0.25, 0.3) is 0 Å². The molecule has 27 heavy (non-hydrogen) atoms. The Morgan fingerprint density at radius 1 is 0.963 bits per heavy atom. The van der Waals surface area contributed by atoms with Crippen molar-refractivity contribution in [3.05, 3.63) is 0 Å². The van der Waals surface area contributed by atoms with Gasteiger partial charge < -0.3 is 29.9 Å². The smallest absolute Gasteiger partial charge is 0.410 e. The maximum atomic E-state index is 12.1. The zero-order valence-corrected chi connectivity index (χ0v) is 17.7. The van der Waals surface area contributed by atoms with Gasteiger partial charge in [0.05, 0.1) is 6.54 Å². The zero-order chi connectivity index (χ0) is 20.8. The van der Waals surface area contributed by atoms with Crippen LogP contribution in [0, 0.1) is 0 Å². The molecule has 0 spiro atoms. The minimum Gasteiger partial charge on any atom is -0.444 e. The summed E-state index contributed by atoms with van der Waals surface area (Å²) in [6.45, 7) is 14.1. The first-order valence-corrected chi connectivity index (χ1v) is 9.25. The van der Waals surface area contributed by atoms with E-state index in [1.54, 1.807) is 11.9 Å². The van der Waals surface area contributed by atoms with E-state index in [-0.39, 0.29) is 12.2 Å². The molecule has 1 rings (SSSR count). The highest BCUT2D eigenvalue weighted by atomic mass is 16.6. The fourth-order valence-corrected chi connectivity index (χ4v) is 2.29. The number of rotatable bonds is 3. The molecule has 1 saturated heterocycles. The van der Waals surface area contributed by atoms with Gasteiger partial charge >= 0.3 is 12.2 Å². The van der Waals surface area contributed by atoms with Gasteiger partial charge in [-0.15, -0.1) is 0 Å². The van der Waals surface area contributed by atoms with E-state index in [0.29, 0.717) is 45.2 Å². The van der Waals surface area contributed by atoms with Crippen LogP contribution in [-0.4, -0.2) is 90.4 Å². The quantitative estimate of drug-likeness (QED) is 0.586. The number of hydrogen-bond donors (Lipinski definition) is 1. The summed E-state index contributed by atoms with van der Waals surface area (Å²) in [6.07, 6.45) is -0.695. The Morgan fingerprint density at radius 3 is 1.93 bits per heavy atom. The van der Waals surface area contributed by atoms with Crippen LogP contribution in [0.3, 0.4) is 0 Å². The molecule has 0 saturated carbocycles. The highest BCUT2D eigenvalue weighted by Crippen LogP contribution is 2.12. The Balaban J connectivity index is 2.40. The molecule has 1 fully saturated rings. The fraction of sp³-hybridized carbons (Fsp3) is 0.833. The van der Waals surface area contributed by atoms with E-state index in [9.17, 15) is 9.59 Å². The summed E-state index contributed by atoms with van der Waals surface area (Å²) in [7, 11) is 1.67. The predicted molar refractivity (Wildman–Crippen MR) is 105 cm³/mol. The molecule has 0 aromatic heterocycles. The number of hydrogen-bond acceptors (Lipinski definition) is 5. The lowest BCUT2D eigenvalue weighted by Gasteiger charge is -2.36. The molecule has 2 amide bonds. The standard InChI is InChI=1S/C18H35N5O4/c1-17(2,3)26-15(24)21(7)9-8-20-14(19)22-10-12-23(13-11-22)16(25)27-18(4,5)6/h8-13H2,1-7H3,(H2,19,20). The molecule has 9 heteroatoms. The first kappa shape index (κ1) is 22.9. The second-order valence-corrected chi connectivity index (χ2v) is 8.60. The summed E-state index contributed by atoms with van der Waals surface area (Å²) >= 11 is 0. The third kappa shape index (κ3) is 8.83. The lowest BCUT2D eigenvalue weighted by atomic mass is 10.2. The Kier molecular flexibility index (Phi) is 7.74. The van der Waals surface area contributed by atoms with Gasteiger partial charge in [-0.3, -0.25) is 4.99 Å². The topological polar surface area (TPSA) is 101 Å². The average Bonchev–Trinajstić information content (AvgIpc) is 2.51. The van der Waals surface area contributed by atoms with Crippen LogP contribution in [0.2, 0.25) is 0 Å². The molecule has 1 heterocycles. The molecule has 0 atom stereocenters. The molecular formula is C18H35N5O4. The van der Waals surface area contributed by atoms with Crippen molar-refractivity contribution in [3.8, 4) is 0 Å². The van der Waals surface area contributed by atoms with Gasteiger partial charge in [-0.1, -0.05) is 0 Å². The molecule has 0 aliphatic carbocycles. The average molecular weight is 386 g/mol. The number of carbonyl (C=O) groups excluding carboxylic acids is 2. The van der Waals surface area contributed by atoms with E-state index < -0.39 is 11.2 Å². The van der Waals surface area contributed by atoms with Gasteiger partial charge in [-0.2, -0.15) is 0 Å². The van der Waals surface area contributed by atoms with Crippen molar-refractivity contribution >= 4 is 18.1 Å². The van der Waals surface area contributed by atoms with Gasteiger partial charge in [0.2, 0.25) is 0 Å². The van der Waals surface area contributed by atoms with Gasteiger partial charge in [0.15, 0.2) is 5.96 Å². The molecule has 0 bridgehead atoms. The van der Waals surface area contributed by atoms with Crippen LogP contribution < -0.4 is 5.73 Å². The largest absolute Gasteiger partial charge is 0.444 e. The van der Waals surface area contributed by atoms with E-state index in [2.05, 4.69) is 4.99 Å². The zero-order valence-electron chi connectivity index (χ0n) is 17.7. The summed E-state index contributed by atoms with van der Waals surface area (Å²) in [5, 5.41) is 0. The van der Waals surface area contributed by atoms with Gasteiger partial charge in [-0.25, -0.2) is 9.59 Å². The summed E-state index contributed by atoms with van der Waals surface area (Å²) in [5.74, 6) is 0.413. The second-order valence-electron chi connectivity index (χ2n) is 8.60. The number of nitrogens with zero attached hydrogens (tertiary/aromatic N) is 4. The van der Waals surface area contributed by atoms with Gasteiger partial charge in [0.25, 0.3) is 0 Å². The molecule has 0 unspecified atom stereocenters. The fourth-order valence-electron chi connectivity index (χ4n) is 2.29. The number of piperazine rings is 1. The van der Waals surface area contributed by atoms with Crippen molar-refractivity contribution in [2.45, 2.75) is 52.7 Å². The maximum absolute atomic E-state index is 12.1. The Morgan fingerprint density at radius 2 is 1.44 bits per heavy atom. The summed E-state index contributed by atoms with van der Waals surface area (Å²) in [6, 6.07) is 0. The third-order valence-corrected chi connectivity index (χ3v) is 3.67. The van der Waals surface area contributed by atoms with Gasteiger partial charge in [-0.05, 0) is 41.5 Å². The number of carbonyl (C=O) groups is 2. The first-order chi connectivity index (χ1) is 12.3. The van der Waals surface area contributed by atoms with Crippen molar-refractivity contribution in [2.75, 3.05) is 46.3 Å². The molecule has 156 valence electrons. The number of likely N-dealkylation sites (N-methyl/N-ethyl adjacent to an activating group) is 1. The van der Waals surface area contributed by atoms with Crippen LogP contribution >= 0.6 is 0 Å². The second kappa shape index (κ2) is 9.14. The normalized spacial score (nSPS) is 16.2. The van der Waals surface area contributed by atoms with Gasteiger partial charge in [0.1, 0.15) is 11.2 Å². The molecule has 0 radical (unpaired) electrons. The maximum Gasteiger partial charge on any atom is 0.410 e. The van der Waals surface area contributed by atoms with E-state index in [1.807, 2.05) is 46.4 Å². The Bertz CT molecular complexity index is 543. The number of guanidine groups is 1. The lowest BCUT2D eigenvalue weighted by molar-refractivity contribution is 0.0186. The van der Waals surface area contributed by atoms with Crippen molar-refractivity contribution < 1.29 is 19.1 Å². The third-order valence-electron chi connectivity index (χ3n) is 3.67. The van der Waals surface area contributed by atoms with Crippen LogP contribution in [0.1, 0.15) is 41.5 Å². The minimum atomic E-state index is -0.526. The number of ether oxygens (including phenoxy) is 2. The van der Waals surface area contributed by atoms with Crippen molar-refractivity contribution in [2.24, 2.45) is 10.7 Å².